The molecule has 0 aromatic carbocycles. The number of hydrogen-bond donors (Lipinski definition) is 0. The number of likely N-dealkylation sites (N-methyl/N-ethyl adjacent to an activating group) is 1. The van der Waals surface area contributed by atoms with E-state index in [-0.39, 0.29) is 0 Å². The number of hydrogen-bond acceptors (Lipinski definition) is 1. The van der Waals surface area contributed by atoms with Crippen LogP contribution in [0.1, 0.15) is 33.6 Å². The van der Waals surface area contributed by atoms with Gasteiger partial charge in [0.15, 0.2) is 0 Å². The van der Waals surface area contributed by atoms with Crippen molar-refractivity contribution in [1.29, 1.82) is 0 Å². The fourth-order valence-corrected chi connectivity index (χ4v) is 0.858. The van der Waals surface area contributed by atoms with E-state index in [0.717, 1.165) is 6.54 Å². The molecular weight excluding hydrogens is 134 g/mol. The lowest BCUT2D eigenvalue weighted by atomic mass is 10.3. The van der Waals surface area contributed by atoms with E-state index in [9.17, 15) is 0 Å². The summed E-state index contributed by atoms with van der Waals surface area (Å²) in [5.41, 5.74) is 1.41. The molecule has 0 fully saturated rings. The minimum absolute atomic E-state index is 1.10. The highest BCUT2D eigenvalue weighted by atomic mass is 15.1. The zero-order valence-electron chi connectivity index (χ0n) is 8.35. The molecule has 0 saturated heterocycles. The Hall–Kier alpha value is -0.300. The predicted octanol–water partition coefficient (Wildman–Crippen LogP) is 2.68. The molecule has 0 unspecified atom stereocenters. The first-order valence-electron chi connectivity index (χ1n) is 4.48. The van der Waals surface area contributed by atoms with Crippen molar-refractivity contribution in [2.75, 3.05) is 20.1 Å². The van der Waals surface area contributed by atoms with Crippen LogP contribution in [0.25, 0.3) is 0 Å². The summed E-state index contributed by atoms with van der Waals surface area (Å²) in [6.07, 6.45) is 4.88. The van der Waals surface area contributed by atoms with Gasteiger partial charge in [0.1, 0.15) is 0 Å². The Labute approximate surface area is 71.1 Å². The highest BCUT2D eigenvalue weighted by Crippen LogP contribution is 1.94. The Balaban J connectivity index is 3.36. The number of nitrogens with zero attached hydrogens (tertiary/aromatic N) is 1. The van der Waals surface area contributed by atoms with Gasteiger partial charge in [0.25, 0.3) is 0 Å². The molecule has 0 aliphatic heterocycles. The molecule has 0 aromatic heterocycles. The van der Waals surface area contributed by atoms with E-state index in [1.807, 2.05) is 0 Å². The van der Waals surface area contributed by atoms with Crippen LogP contribution in [0.15, 0.2) is 11.6 Å². The molecule has 0 atom stereocenters. The van der Waals surface area contributed by atoms with Crippen molar-refractivity contribution in [2.45, 2.75) is 33.6 Å². The van der Waals surface area contributed by atoms with Gasteiger partial charge in [-0.3, -0.25) is 0 Å². The fourth-order valence-electron chi connectivity index (χ4n) is 0.858. The lowest BCUT2D eigenvalue weighted by Gasteiger charge is -2.13. The molecule has 1 nitrogen and oxygen atoms in total. The normalized spacial score (nSPS) is 10.3. The van der Waals surface area contributed by atoms with Gasteiger partial charge >= 0.3 is 0 Å². The minimum atomic E-state index is 1.10. The van der Waals surface area contributed by atoms with Crippen molar-refractivity contribution >= 4 is 0 Å². The van der Waals surface area contributed by atoms with Crippen LogP contribution in [-0.2, 0) is 0 Å². The van der Waals surface area contributed by atoms with E-state index in [4.69, 9.17) is 0 Å². The molecule has 11 heavy (non-hydrogen) atoms. The molecule has 0 radical (unpaired) electrons. The quantitative estimate of drug-likeness (QED) is 0.552. The molecule has 0 amide bonds. The minimum Gasteiger partial charge on any atom is -0.303 e. The summed E-state index contributed by atoms with van der Waals surface area (Å²) in [6.45, 7) is 8.85. The summed E-state index contributed by atoms with van der Waals surface area (Å²) < 4.78 is 0. The van der Waals surface area contributed by atoms with Crippen LogP contribution in [0.4, 0.5) is 0 Å². The average molecular weight is 155 g/mol. The van der Waals surface area contributed by atoms with Crippen molar-refractivity contribution < 1.29 is 0 Å². The van der Waals surface area contributed by atoms with Crippen molar-refractivity contribution in [3.8, 4) is 0 Å². The van der Waals surface area contributed by atoms with E-state index in [2.05, 4.69) is 38.8 Å². The Kier molecular flexibility index (Phi) is 6.24. The van der Waals surface area contributed by atoms with Crippen LogP contribution in [0, 0.1) is 0 Å². The van der Waals surface area contributed by atoms with Gasteiger partial charge < -0.3 is 4.90 Å². The Bertz CT molecular complexity index is 112. The summed E-state index contributed by atoms with van der Waals surface area (Å²) >= 11 is 0. The maximum Gasteiger partial charge on any atom is 0.0162 e. The summed E-state index contributed by atoms with van der Waals surface area (Å²) in [4.78, 5) is 2.36. The van der Waals surface area contributed by atoms with E-state index in [1.54, 1.807) is 0 Å². The third kappa shape index (κ3) is 7.60. The smallest absolute Gasteiger partial charge is 0.0162 e. The van der Waals surface area contributed by atoms with Gasteiger partial charge in [-0.05, 0) is 33.9 Å². The second kappa shape index (κ2) is 6.41. The maximum atomic E-state index is 2.36. The first-order valence-corrected chi connectivity index (χ1v) is 4.48. The Morgan fingerprint density at radius 1 is 1.36 bits per heavy atom. The Morgan fingerprint density at radius 3 is 2.45 bits per heavy atom. The van der Waals surface area contributed by atoms with E-state index in [0.29, 0.717) is 0 Å². The molecule has 1 heteroatoms. The van der Waals surface area contributed by atoms with Crippen molar-refractivity contribution in [2.24, 2.45) is 0 Å². The van der Waals surface area contributed by atoms with E-state index < -0.39 is 0 Å². The molecule has 0 rings (SSSR count). The van der Waals surface area contributed by atoms with Gasteiger partial charge in [-0.15, -0.1) is 0 Å². The predicted molar refractivity (Wildman–Crippen MR) is 51.8 cm³/mol. The van der Waals surface area contributed by atoms with Gasteiger partial charge in [0.05, 0.1) is 0 Å². The molecule has 0 spiro atoms. The SMILES string of the molecule is CCCCN(C)CC=C(C)C. The van der Waals surface area contributed by atoms with E-state index >= 15 is 0 Å². The van der Waals surface area contributed by atoms with Crippen molar-refractivity contribution in [1.82, 2.24) is 4.90 Å². The highest BCUT2D eigenvalue weighted by molar-refractivity contribution is 4.94. The molecule has 0 N–H and O–H groups in total. The van der Waals surface area contributed by atoms with Crippen molar-refractivity contribution in [3.05, 3.63) is 11.6 Å². The maximum absolute atomic E-state index is 2.36. The molecule has 0 aliphatic carbocycles. The number of allylic oxidation sites excluding steroid dienone is 1. The van der Waals surface area contributed by atoms with Crippen LogP contribution in [0.2, 0.25) is 0 Å². The summed E-state index contributed by atoms with van der Waals surface area (Å²) in [7, 11) is 2.18. The van der Waals surface area contributed by atoms with Crippen molar-refractivity contribution in [3.63, 3.8) is 0 Å². The lowest BCUT2D eigenvalue weighted by Crippen LogP contribution is -2.19. The standard InChI is InChI=1S/C10H21N/c1-5-6-8-11(4)9-7-10(2)3/h7H,5-6,8-9H2,1-4H3. The highest BCUT2D eigenvalue weighted by Gasteiger charge is 1.92. The second-order valence-electron chi connectivity index (χ2n) is 3.40. The van der Waals surface area contributed by atoms with Gasteiger partial charge in [-0.2, -0.15) is 0 Å². The third-order valence-corrected chi connectivity index (χ3v) is 1.70. The Morgan fingerprint density at radius 2 is 2.00 bits per heavy atom. The molecule has 0 heterocycles. The molecular formula is C10H21N. The van der Waals surface area contributed by atoms with Gasteiger partial charge in [-0.1, -0.05) is 25.0 Å². The van der Waals surface area contributed by atoms with Crippen LogP contribution in [0.5, 0.6) is 0 Å². The van der Waals surface area contributed by atoms with Crippen LogP contribution in [0.3, 0.4) is 0 Å². The molecule has 0 bridgehead atoms. The fraction of sp³-hybridized carbons (Fsp3) is 0.800. The molecule has 0 saturated carbocycles. The van der Waals surface area contributed by atoms with Gasteiger partial charge in [0.2, 0.25) is 0 Å². The summed E-state index contributed by atoms with van der Waals surface area (Å²) in [5, 5.41) is 0. The van der Waals surface area contributed by atoms with Crippen LogP contribution in [-0.4, -0.2) is 25.0 Å². The average Bonchev–Trinajstić information content (AvgIpc) is 1.97. The zero-order chi connectivity index (χ0) is 8.69. The third-order valence-electron chi connectivity index (χ3n) is 1.70. The van der Waals surface area contributed by atoms with Crippen LogP contribution >= 0.6 is 0 Å². The largest absolute Gasteiger partial charge is 0.303 e. The molecule has 0 aromatic rings. The zero-order valence-corrected chi connectivity index (χ0v) is 8.35. The first-order chi connectivity index (χ1) is 5.16. The first kappa shape index (κ1) is 10.7. The molecule has 0 aliphatic rings. The number of unbranched alkanes of at least 4 members (excludes halogenated alkanes) is 1. The van der Waals surface area contributed by atoms with E-state index in [1.165, 1.54) is 25.0 Å². The number of rotatable bonds is 5. The molecule has 66 valence electrons. The van der Waals surface area contributed by atoms with Gasteiger partial charge in [0, 0.05) is 6.54 Å². The topological polar surface area (TPSA) is 3.24 Å². The van der Waals surface area contributed by atoms with Gasteiger partial charge in [-0.25, -0.2) is 0 Å². The second-order valence-corrected chi connectivity index (χ2v) is 3.40. The summed E-state index contributed by atoms with van der Waals surface area (Å²) in [6, 6.07) is 0. The van der Waals surface area contributed by atoms with Crippen LogP contribution < -0.4 is 0 Å². The lowest BCUT2D eigenvalue weighted by molar-refractivity contribution is 0.361. The summed E-state index contributed by atoms with van der Waals surface area (Å²) in [5.74, 6) is 0. The monoisotopic (exact) mass is 155 g/mol.